The van der Waals surface area contributed by atoms with E-state index >= 15 is 0 Å². The number of allylic oxidation sites excluding steroid dienone is 1. The summed E-state index contributed by atoms with van der Waals surface area (Å²) in [6.07, 6.45) is 1.90. The first-order valence-corrected chi connectivity index (χ1v) is 9.52. The van der Waals surface area contributed by atoms with Gasteiger partial charge in [0.15, 0.2) is 5.78 Å². The third kappa shape index (κ3) is 5.25. The van der Waals surface area contributed by atoms with E-state index in [9.17, 15) is 4.79 Å². The molecule has 4 heteroatoms. The van der Waals surface area contributed by atoms with Crippen molar-refractivity contribution in [2.45, 2.75) is 18.7 Å². The van der Waals surface area contributed by atoms with Crippen LogP contribution in [0.15, 0.2) is 58.0 Å². The van der Waals surface area contributed by atoms with E-state index < -0.39 is 0 Å². The van der Waals surface area contributed by atoms with E-state index in [1.807, 2.05) is 49.5 Å². The summed E-state index contributed by atoms with van der Waals surface area (Å²) in [5.74, 6) is 0.558. The molecule has 0 heterocycles. The standard InChI is InChI=1S/C20H22BrNOS/c1-14-8-9-20(15(2)10-14)24-13-19(23)18(12-22(3)4)16-6-5-7-17(21)11-16/h5-12H,13H2,1-4H3. The molecule has 126 valence electrons. The van der Waals surface area contributed by atoms with Gasteiger partial charge in [-0.3, -0.25) is 4.79 Å². The molecule has 0 spiro atoms. The Labute approximate surface area is 157 Å². The van der Waals surface area contributed by atoms with Crippen molar-refractivity contribution in [3.05, 3.63) is 69.8 Å². The van der Waals surface area contributed by atoms with Crippen molar-refractivity contribution in [1.29, 1.82) is 0 Å². The van der Waals surface area contributed by atoms with E-state index in [0.717, 1.165) is 20.5 Å². The van der Waals surface area contributed by atoms with Crippen LogP contribution in [0.3, 0.4) is 0 Å². The van der Waals surface area contributed by atoms with Gasteiger partial charge in [0.05, 0.1) is 5.75 Å². The van der Waals surface area contributed by atoms with E-state index in [4.69, 9.17) is 0 Å². The molecule has 0 amide bonds. The van der Waals surface area contributed by atoms with Crippen LogP contribution < -0.4 is 0 Å². The molecule has 0 saturated carbocycles. The van der Waals surface area contributed by atoms with Crippen molar-refractivity contribution in [2.75, 3.05) is 19.8 Å². The second-order valence-electron chi connectivity index (χ2n) is 6.00. The van der Waals surface area contributed by atoms with Gasteiger partial charge in [0.25, 0.3) is 0 Å². The lowest BCUT2D eigenvalue weighted by molar-refractivity contribution is -0.111. The lowest BCUT2D eigenvalue weighted by Crippen LogP contribution is -2.10. The van der Waals surface area contributed by atoms with Gasteiger partial charge in [-0.2, -0.15) is 0 Å². The lowest BCUT2D eigenvalue weighted by atomic mass is 10.0. The van der Waals surface area contributed by atoms with Crippen LogP contribution in [-0.4, -0.2) is 30.5 Å². The van der Waals surface area contributed by atoms with Crippen LogP contribution in [0.1, 0.15) is 16.7 Å². The predicted molar refractivity (Wildman–Crippen MR) is 107 cm³/mol. The summed E-state index contributed by atoms with van der Waals surface area (Å²) < 4.78 is 0.972. The van der Waals surface area contributed by atoms with E-state index in [-0.39, 0.29) is 5.78 Å². The van der Waals surface area contributed by atoms with Gasteiger partial charge in [0, 0.05) is 35.2 Å². The van der Waals surface area contributed by atoms with Gasteiger partial charge in [0.1, 0.15) is 0 Å². The summed E-state index contributed by atoms with van der Waals surface area (Å²) in [5, 5.41) is 0. The number of hydrogen-bond donors (Lipinski definition) is 0. The average molecular weight is 404 g/mol. The number of Topliss-reactive ketones (excluding diaryl/α,β-unsaturated/α-hetero) is 1. The highest BCUT2D eigenvalue weighted by Crippen LogP contribution is 2.27. The molecule has 2 aromatic carbocycles. The zero-order valence-corrected chi connectivity index (χ0v) is 16.9. The fourth-order valence-electron chi connectivity index (χ4n) is 2.40. The second-order valence-corrected chi connectivity index (χ2v) is 7.93. The third-order valence-corrected chi connectivity index (χ3v) is 5.18. The molecule has 0 radical (unpaired) electrons. The van der Waals surface area contributed by atoms with Crippen LogP contribution in [0.5, 0.6) is 0 Å². The molecule has 0 aliphatic carbocycles. The molecule has 0 bridgehead atoms. The minimum absolute atomic E-state index is 0.131. The molecule has 0 saturated heterocycles. The van der Waals surface area contributed by atoms with E-state index in [0.29, 0.717) is 5.75 Å². The van der Waals surface area contributed by atoms with Crippen LogP contribution in [-0.2, 0) is 4.79 Å². The minimum Gasteiger partial charge on any atom is -0.383 e. The van der Waals surface area contributed by atoms with E-state index in [1.165, 1.54) is 11.1 Å². The monoisotopic (exact) mass is 403 g/mol. The molecule has 0 unspecified atom stereocenters. The Morgan fingerprint density at radius 1 is 1.17 bits per heavy atom. The maximum atomic E-state index is 12.8. The third-order valence-electron chi connectivity index (χ3n) is 3.51. The van der Waals surface area contributed by atoms with Crippen molar-refractivity contribution >= 4 is 39.0 Å². The fraction of sp³-hybridized carbons (Fsp3) is 0.250. The number of rotatable bonds is 6. The number of halogens is 1. The Morgan fingerprint density at radius 2 is 1.92 bits per heavy atom. The maximum Gasteiger partial charge on any atom is 0.175 e. The minimum atomic E-state index is 0.131. The SMILES string of the molecule is Cc1ccc(SCC(=O)C(=CN(C)C)c2cccc(Br)c2)c(C)c1. The zero-order chi connectivity index (χ0) is 17.7. The predicted octanol–water partition coefficient (Wildman–Crippen LogP) is 5.33. The quantitative estimate of drug-likeness (QED) is 0.480. The van der Waals surface area contributed by atoms with Crippen molar-refractivity contribution in [2.24, 2.45) is 0 Å². The molecular weight excluding hydrogens is 382 g/mol. The number of thioether (sulfide) groups is 1. The van der Waals surface area contributed by atoms with Gasteiger partial charge in [0.2, 0.25) is 0 Å². The smallest absolute Gasteiger partial charge is 0.175 e. The number of ketones is 1. The van der Waals surface area contributed by atoms with Gasteiger partial charge in [-0.15, -0.1) is 11.8 Å². The number of hydrogen-bond acceptors (Lipinski definition) is 3. The summed E-state index contributed by atoms with van der Waals surface area (Å²) in [4.78, 5) is 15.9. The molecule has 2 nitrogen and oxygen atoms in total. The molecule has 2 rings (SSSR count). The highest BCUT2D eigenvalue weighted by atomic mass is 79.9. The van der Waals surface area contributed by atoms with Crippen molar-refractivity contribution < 1.29 is 4.79 Å². The first-order valence-electron chi connectivity index (χ1n) is 7.74. The highest BCUT2D eigenvalue weighted by molar-refractivity contribution is 9.10. The van der Waals surface area contributed by atoms with Gasteiger partial charge in [-0.1, -0.05) is 45.8 Å². The molecule has 24 heavy (non-hydrogen) atoms. The van der Waals surface area contributed by atoms with Crippen LogP contribution in [0.2, 0.25) is 0 Å². The van der Waals surface area contributed by atoms with Gasteiger partial charge < -0.3 is 4.90 Å². The fourth-order valence-corrected chi connectivity index (χ4v) is 3.70. The zero-order valence-electron chi connectivity index (χ0n) is 14.5. The number of carbonyl (C=O) groups excluding carboxylic acids is 1. The number of benzene rings is 2. The largest absolute Gasteiger partial charge is 0.383 e. The van der Waals surface area contributed by atoms with Gasteiger partial charge in [-0.05, 0) is 43.2 Å². The van der Waals surface area contributed by atoms with Crippen LogP contribution in [0.25, 0.3) is 5.57 Å². The van der Waals surface area contributed by atoms with Crippen molar-refractivity contribution in [3.8, 4) is 0 Å². The molecule has 0 aromatic heterocycles. The van der Waals surface area contributed by atoms with Crippen LogP contribution >= 0.6 is 27.7 Å². The number of aryl methyl sites for hydroxylation is 2. The van der Waals surface area contributed by atoms with Crippen molar-refractivity contribution in [1.82, 2.24) is 4.90 Å². The number of carbonyl (C=O) groups is 1. The molecule has 0 atom stereocenters. The van der Waals surface area contributed by atoms with E-state index in [2.05, 4.69) is 48.0 Å². The molecule has 0 fully saturated rings. The average Bonchev–Trinajstić information content (AvgIpc) is 2.51. The Bertz CT molecular complexity index is 768. The summed E-state index contributed by atoms with van der Waals surface area (Å²) >= 11 is 5.08. The Hall–Kier alpha value is -1.52. The van der Waals surface area contributed by atoms with Crippen molar-refractivity contribution in [3.63, 3.8) is 0 Å². The van der Waals surface area contributed by atoms with Gasteiger partial charge in [-0.25, -0.2) is 0 Å². The second kappa shape index (κ2) is 8.54. The first-order chi connectivity index (χ1) is 11.4. The first kappa shape index (κ1) is 18.8. The molecule has 0 aliphatic heterocycles. The number of nitrogens with zero attached hydrogens (tertiary/aromatic N) is 1. The summed E-state index contributed by atoms with van der Waals surface area (Å²) in [5.41, 5.74) is 4.13. The molecule has 0 N–H and O–H groups in total. The van der Waals surface area contributed by atoms with Crippen LogP contribution in [0.4, 0.5) is 0 Å². The summed E-state index contributed by atoms with van der Waals surface area (Å²) in [6.45, 7) is 4.17. The summed E-state index contributed by atoms with van der Waals surface area (Å²) in [6, 6.07) is 14.2. The summed E-state index contributed by atoms with van der Waals surface area (Å²) in [7, 11) is 3.87. The maximum absolute atomic E-state index is 12.8. The topological polar surface area (TPSA) is 20.3 Å². The lowest BCUT2D eigenvalue weighted by Gasteiger charge is -2.13. The van der Waals surface area contributed by atoms with Gasteiger partial charge >= 0.3 is 0 Å². The van der Waals surface area contributed by atoms with E-state index in [1.54, 1.807) is 11.8 Å². The van der Waals surface area contributed by atoms with Crippen LogP contribution in [0, 0.1) is 13.8 Å². The Kier molecular flexibility index (Phi) is 6.69. The normalized spacial score (nSPS) is 11.5. The molecular formula is C20H22BrNOS. The molecule has 2 aromatic rings. The Morgan fingerprint density at radius 3 is 2.54 bits per heavy atom. The molecule has 0 aliphatic rings. The highest BCUT2D eigenvalue weighted by Gasteiger charge is 2.14. The Balaban J connectivity index is 2.20.